The molecular weight excluding hydrogens is 352 g/mol. The number of aromatic nitrogens is 5. The fourth-order valence-electron chi connectivity index (χ4n) is 3.69. The summed E-state index contributed by atoms with van der Waals surface area (Å²) in [6.07, 6.45) is 2.76. The Hall–Kier alpha value is -3.35. The summed E-state index contributed by atoms with van der Waals surface area (Å²) in [6.45, 7) is 7.40. The van der Waals surface area contributed by atoms with Crippen LogP contribution in [-0.4, -0.2) is 37.4 Å². The number of rotatable bonds is 6. The van der Waals surface area contributed by atoms with Crippen molar-refractivity contribution in [1.29, 1.82) is 0 Å². The molecule has 28 heavy (non-hydrogen) atoms. The first-order valence-electron chi connectivity index (χ1n) is 9.51. The molecule has 0 spiro atoms. The number of hydrogen-bond acceptors (Lipinski definition) is 3. The van der Waals surface area contributed by atoms with Crippen LogP contribution < -0.4 is 5.32 Å². The predicted molar refractivity (Wildman–Crippen MR) is 109 cm³/mol. The van der Waals surface area contributed by atoms with Gasteiger partial charge in [0.05, 0.1) is 11.4 Å². The molecule has 7 nitrogen and oxygen atoms in total. The van der Waals surface area contributed by atoms with Gasteiger partial charge in [-0.1, -0.05) is 18.2 Å². The van der Waals surface area contributed by atoms with Crippen molar-refractivity contribution in [1.82, 2.24) is 30.3 Å². The van der Waals surface area contributed by atoms with Crippen LogP contribution in [0.5, 0.6) is 0 Å². The Balaban J connectivity index is 1.43. The van der Waals surface area contributed by atoms with Crippen molar-refractivity contribution < 1.29 is 4.79 Å². The van der Waals surface area contributed by atoms with Crippen LogP contribution in [0.2, 0.25) is 0 Å². The molecule has 0 unspecified atom stereocenters. The van der Waals surface area contributed by atoms with E-state index in [1.54, 1.807) is 6.07 Å². The molecule has 144 valence electrons. The highest BCUT2D eigenvalue weighted by Crippen LogP contribution is 2.25. The van der Waals surface area contributed by atoms with Crippen molar-refractivity contribution in [2.24, 2.45) is 0 Å². The Morgan fingerprint density at radius 1 is 1.25 bits per heavy atom. The van der Waals surface area contributed by atoms with Crippen molar-refractivity contribution in [2.45, 2.75) is 33.7 Å². The molecule has 0 saturated carbocycles. The molecule has 1 aromatic carbocycles. The number of hydrogen-bond donors (Lipinski definition) is 3. The van der Waals surface area contributed by atoms with Gasteiger partial charge in [-0.2, -0.15) is 10.2 Å². The smallest absolute Gasteiger partial charge is 0.269 e. The van der Waals surface area contributed by atoms with Gasteiger partial charge in [0.15, 0.2) is 0 Å². The van der Waals surface area contributed by atoms with Gasteiger partial charge in [0.25, 0.3) is 5.91 Å². The van der Waals surface area contributed by atoms with Crippen molar-refractivity contribution in [3.8, 4) is 11.3 Å². The molecule has 0 aliphatic carbocycles. The van der Waals surface area contributed by atoms with E-state index >= 15 is 0 Å². The molecular formula is C21H24N6O. The van der Waals surface area contributed by atoms with Crippen LogP contribution in [0.25, 0.3) is 22.2 Å². The maximum Gasteiger partial charge on any atom is 0.269 e. The number of carbonyl (C=O) groups is 1. The maximum atomic E-state index is 12.5. The Labute approximate surface area is 163 Å². The molecule has 0 bridgehead atoms. The van der Waals surface area contributed by atoms with E-state index in [0.29, 0.717) is 12.2 Å². The van der Waals surface area contributed by atoms with Crippen LogP contribution in [-0.2, 0) is 13.0 Å². The average molecular weight is 376 g/mol. The van der Waals surface area contributed by atoms with E-state index in [-0.39, 0.29) is 5.91 Å². The molecule has 1 amide bonds. The van der Waals surface area contributed by atoms with E-state index in [9.17, 15) is 4.79 Å². The molecule has 3 heterocycles. The lowest BCUT2D eigenvalue weighted by molar-refractivity contribution is 0.0949. The molecule has 3 aromatic heterocycles. The first-order valence-corrected chi connectivity index (χ1v) is 9.51. The number of benzene rings is 1. The van der Waals surface area contributed by atoms with E-state index < -0.39 is 0 Å². The highest BCUT2D eigenvalue weighted by Gasteiger charge is 2.17. The highest BCUT2D eigenvalue weighted by molar-refractivity contribution is 5.93. The second-order valence-corrected chi connectivity index (χ2v) is 6.89. The van der Waals surface area contributed by atoms with Crippen molar-refractivity contribution in [2.75, 3.05) is 6.54 Å². The van der Waals surface area contributed by atoms with Gasteiger partial charge in [0.1, 0.15) is 5.69 Å². The van der Waals surface area contributed by atoms with Crippen molar-refractivity contribution in [3.05, 3.63) is 59.2 Å². The average Bonchev–Trinajstić information content (AvgIpc) is 3.39. The predicted octanol–water partition coefficient (Wildman–Crippen LogP) is 3.36. The number of fused-ring (bicyclic) bond motifs is 1. The van der Waals surface area contributed by atoms with Crippen LogP contribution in [0, 0.1) is 13.8 Å². The van der Waals surface area contributed by atoms with Gasteiger partial charge in [0.2, 0.25) is 0 Å². The van der Waals surface area contributed by atoms with Crippen molar-refractivity contribution in [3.63, 3.8) is 0 Å². The zero-order chi connectivity index (χ0) is 19.7. The number of amides is 1. The largest absolute Gasteiger partial charge is 0.361 e. The minimum atomic E-state index is -0.156. The van der Waals surface area contributed by atoms with Crippen LogP contribution in [0.15, 0.2) is 36.5 Å². The maximum absolute atomic E-state index is 12.5. The van der Waals surface area contributed by atoms with Gasteiger partial charge in [-0.25, -0.2) is 0 Å². The topological polar surface area (TPSA) is 91.4 Å². The summed E-state index contributed by atoms with van der Waals surface area (Å²) in [4.78, 5) is 15.8. The first-order chi connectivity index (χ1) is 13.6. The Morgan fingerprint density at radius 2 is 2.07 bits per heavy atom. The third-order valence-electron chi connectivity index (χ3n) is 5.11. The fraction of sp³-hybridized carbons (Fsp3) is 0.286. The lowest BCUT2D eigenvalue weighted by Gasteiger charge is -2.03. The Kier molecular flexibility index (Phi) is 4.73. The van der Waals surface area contributed by atoms with Gasteiger partial charge >= 0.3 is 0 Å². The molecule has 0 saturated heterocycles. The molecule has 4 rings (SSSR count). The van der Waals surface area contributed by atoms with Crippen LogP contribution in [0.4, 0.5) is 0 Å². The standard InChI is InChI=1S/C21H24N6O/c1-4-27-14(3)20(13(2)26-27)18-11-19(25-24-18)21(28)22-10-9-15-12-23-17-8-6-5-7-16(15)17/h5-8,11-12,23H,4,9-10H2,1-3H3,(H,22,28)(H,24,25). The van der Waals surface area contributed by atoms with Gasteiger partial charge < -0.3 is 10.3 Å². The molecule has 4 aromatic rings. The Bertz CT molecular complexity index is 1130. The summed E-state index contributed by atoms with van der Waals surface area (Å²) < 4.78 is 1.94. The zero-order valence-electron chi connectivity index (χ0n) is 16.3. The first kappa shape index (κ1) is 18.0. The second kappa shape index (κ2) is 7.34. The fourth-order valence-corrected chi connectivity index (χ4v) is 3.69. The summed E-state index contributed by atoms with van der Waals surface area (Å²) in [6, 6.07) is 9.96. The van der Waals surface area contributed by atoms with Gasteiger partial charge in [0, 0.05) is 41.4 Å². The van der Waals surface area contributed by atoms with Crippen LogP contribution in [0.1, 0.15) is 34.4 Å². The minimum absolute atomic E-state index is 0.156. The molecule has 0 aliphatic rings. The van der Waals surface area contributed by atoms with Gasteiger partial charge in [-0.3, -0.25) is 14.6 Å². The second-order valence-electron chi connectivity index (χ2n) is 6.89. The Morgan fingerprint density at radius 3 is 2.86 bits per heavy atom. The zero-order valence-corrected chi connectivity index (χ0v) is 16.3. The van der Waals surface area contributed by atoms with Crippen LogP contribution >= 0.6 is 0 Å². The summed E-state index contributed by atoms with van der Waals surface area (Å²) in [7, 11) is 0. The third kappa shape index (κ3) is 3.19. The van der Waals surface area contributed by atoms with Gasteiger partial charge in [-0.05, 0) is 44.9 Å². The number of aryl methyl sites for hydroxylation is 2. The lowest BCUT2D eigenvalue weighted by atomic mass is 10.1. The molecule has 0 radical (unpaired) electrons. The summed E-state index contributed by atoms with van der Waals surface area (Å²) in [5.41, 5.74) is 6.46. The molecule has 0 fully saturated rings. The molecule has 3 N–H and O–H groups in total. The summed E-state index contributed by atoms with van der Waals surface area (Å²) in [5, 5.41) is 15.9. The molecule has 0 atom stereocenters. The number of para-hydroxylation sites is 1. The molecule has 0 aliphatic heterocycles. The number of aromatic amines is 2. The van der Waals surface area contributed by atoms with E-state index in [0.717, 1.165) is 41.1 Å². The summed E-state index contributed by atoms with van der Waals surface area (Å²) >= 11 is 0. The molecule has 7 heteroatoms. The number of H-pyrrole nitrogens is 2. The lowest BCUT2D eigenvalue weighted by Crippen LogP contribution is -2.25. The van der Waals surface area contributed by atoms with E-state index in [2.05, 4.69) is 38.6 Å². The quantitative estimate of drug-likeness (QED) is 0.482. The normalized spacial score (nSPS) is 11.2. The summed E-state index contributed by atoms with van der Waals surface area (Å²) in [5.74, 6) is -0.156. The van der Waals surface area contributed by atoms with E-state index in [1.165, 1.54) is 10.9 Å². The monoisotopic (exact) mass is 376 g/mol. The highest BCUT2D eigenvalue weighted by atomic mass is 16.1. The number of carbonyl (C=O) groups excluding carboxylic acids is 1. The minimum Gasteiger partial charge on any atom is -0.361 e. The van der Waals surface area contributed by atoms with Gasteiger partial charge in [-0.15, -0.1) is 0 Å². The number of nitrogens with zero attached hydrogens (tertiary/aromatic N) is 3. The van der Waals surface area contributed by atoms with E-state index in [4.69, 9.17) is 0 Å². The van der Waals surface area contributed by atoms with E-state index in [1.807, 2.05) is 42.9 Å². The van der Waals surface area contributed by atoms with Crippen LogP contribution in [0.3, 0.4) is 0 Å². The number of nitrogens with one attached hydrogen (secondary N) is 3. The third-order valence-corrected chi connectivity index (χ3v) is 5.11. The SMILES string of the molecule is CCn1nc(C)c(-c2cc(C(=O)NCCc3c[nH]c4ccccc34)[nH]n2)c1C. The van der Waals surface area contributed by atoms with Crippen molar-refractivity contribution >= 4 is 16.8 Å².